The molecule has 0 spiro atoms. The Balaban J connectivity index is 1.84. The van der Waals surface area contributed by atoms with Crippen molar-refractivity contribution < 1.29 is 17.6 Å². The lowest BCUT2D eigenvalue weighted by Crippen LogP contribution is -2.31. The number of halogens is 1. The van der Waals surface area contributed by atoms with Gasteiger partial charge >= 0.3 is 0 Å². The number of furan rings is 1. The minimum atomic E-state index is -3.74. The van der Waals surface area contributed by atoms with Gasteiger partial charge in [0.25, 0.3) is 5.91 Å². The molecule has 0 saturated carbocycles. The number of rotatable bonds is 6. The molecule has 1 unspecified atom stereocenters. The van der Waals surface area contributed by atoms with Crippen LogP contribution in [0.2, 0.25) is 5.02 Å². The molecule has 0 saturated heterocycles. The summed E-state index contributed by atoms with van der Waals surface area (Å²) >= 11 is 5.82. The van der Waals surface area contributed by atoms with Crippen molar-refractivity contribution in [2.75, 3.05) is 6.54 Å². The Morgan fingerprint density at radius 3 is 2.31 bits per heavy atom. The molecular weight excluding hydrogens is 374 g/mol. The molecule has 0 aliphatic carbocycles. The molecule has 134 valence electrons. The molecule has 7 heteroatoms. The topological polar surface area (TPSA) is 76.4 Å². The second kappa shape index (κ2) is 7.76. The number of hydrogen-bond donors (Lipinski definition) is 1. The Hall–Kier alpha value is -2.57. The van der Waals surface area contributed by atoms with Gasteiger partial charge in [-0.3, -0.25) is 4.79 Å². The third kappa shape index (κ3) is 3.98. The first-order valence-corrected chi connectivity index (χ1v) is 9.77. The first-order chi connectivity index (χ1) is 12.5. The molecule has 0 radical (unpaired) electrons. The van der Waals surface area contributed by atoms with Crippen LogP contribution in [-0.4, -0.2) is 20.9 Å². The van der Waals surface area contributed by atoms with Crippen LogP contribution in [0.3, 0.4) is 0 Å². The summed E-state index contributed by atoms with van der Waals surface area (Å²) in [6.45, 7) is -0.119. The van der Waals surface area contributed by atoms with E-state index < -0.39 is 15.1 Å². The van der Waals surface area contributed by atoms with E-state index in [2.05, 4.69) is 5.32 Å². The maximum atomic E-state index is 13.0. The lowest BCUT2D eigenvalue weighted by atomic mass is 10.2. The van der Waals surface area contributed by atoms with Gasteiger partial charge < -0.3 is 9.73 Å². The van der Waals surface area contributed by atoms with Crippen molar-refractivity contribution in [2.45, 2.75) is 10.1 Å². The maximum absolute atomic E-state index is 13.0. The lowest BCUT2D eigenvalue weighted by molar-refractivity contribution is 0.0953. The van der Waals surface area contributed by atoms with Crippen LogP contribution in [0.4, 0.5) is 0 Å². The third-order valence-electron chi connectivity index (χ3n) is 3.86. The highest BCUT2D eigenvalue weighted by Crippen LogP contribution is 2.28. The zero-order chi connectivity index (χ0) is 18.6. The SMILES string of the molecule is O=C(NCC(c1ccco1)S(=O)(=O)c1ccccc1)c1ccc(Cl)cc1. The standard InChI is InChI=1S/C19H16ClNO4S/c20-15-10-8-14(9-11-15)19(22)21-13-18(17-7-4-12-25-17)26(23,24)16-5-2-1-3-6-16/h1-12,18H,13H2,(H,21,22). The summed E-state index contributed by atoms with van der Waals surface area (Å²) in [6, 6.07) is 17.6. The number of sulfone groups is 1. The van der Waals surface area contributed by atoms with Crippen molar-refractivity contribution in [3.05, 3.63) is 89.3 Å². The summed E-state index contributed by atoms with van der Waals surface area (Å²) < 4.78 is 31.3. The zero-order valence-corrected chi connectivity index (χ0v) is 15.2. The number of hydrogen-bond acceptors (Lipinski definition) is 4. The molecule has 1 amide bonds. The van der Waals surface area contributed by atoms with Gasteiger partial charge in [-0.1, -0.05) is 29.8 Å². The van der Waals surface area contributed by atoms with Crippen molar-refractivity contribution >= 4 is 27.3 Å². The Bertz CT molecular complexity index is 968. The van der Waals surface area contributed by atoms with Gasteiger partial charge in [0.2, 0.25) is 0 Å². The molecular formula is C19H16ClNO4S. The van der Waals surface area contributed by atoms with Gasteiger partial charge in [0.15, 0.2) is 9.84 Å². The van der Waals surface area contributed by atoms with E-state index in [1.165, 1.54) is 18.4 Å². The minimum Gasteiger partial charge on any atom is -0.468 e. The highest BCUT2D eigenvalue weighted by atomic mass is 35.5. The Kier molecular flexibility index (Phi) is 5.44. The summed E-state index contributed by atoms with van der Waals surface area (Å²) in [5.41, 5.74) is 0.393. The van der Waals surface area contributed by atoms with Crippen molar-refractivity contribution in [3.63, 3.8) is 0 Å². The third-order valence-corrected chi connectivity index (χ3v) is 6.19. The molecule has 1 atom stereocenters. The molecule has 0 aliphatic rings. The quantitative estimate of drug-likeness (QED) is 0.694. The number of carbonyl (C=O) groups excluding carboxylic acids is 1. The molecule has 5 nitrogen and oxygen atoms in total. The van der Waals surface area contributed by atoms with Gasteiger partial charge in [-0.2, -0.15) is 0 Å². The molecule has 1 heterocycles. The Morgan fingerprint density at radius 1 is 1.00 bits per heavy atom. The lowest BCUT2D eigenvalue weighted by Gasteiger charge is -2.16. The van der Waals surface area contributed by atoms with Gasteiger partial charge in [0.05, 0.1) is 11.2 Å². The average molecular weight is 390 g/mol. The van der Waals surface area contributed by atoms with E-state index in [4.69, 9.17) is 16.0 Å². The minimum absolute atomic E-state index is 0.119. The normalized spacial score (nSPS) is 12.5. The van der Waals surface area contributed by atoms with E-state index in [0.717, 1.165) is 0 Å². The van der Waals surface area contributed by atoms with Crippen LogP contribution in [0.15, 0.2) is 82.3 Å². The molecule has 1 N–H and O–H groups in total. The molecule has 2 aromatic carbocycles. The number of benzene rings is 2. The van der Waals surface area contributed by atoms with Crippen LogP contribution in [-0.2, 0) is 9.84 Å². The summed E-state index contributed by atoms with van der Waals surface area (Å²) in [4.78, 5) is 12.5. The van der Waals surface area contributed by atoms with Crippen molar-refractivity contribution in [3.8, 4) is 0 Å². The van der Waals surface area contributed by atoms with E-state index in [1.54, 1.807) is 54.6 Å². The summed E-state index contributed by atoms with van der Waals surface area (Å²) in [6.07, 6.45) is 1.41. The maximum Gasteiger partial charge on any atom is 0.251 e. The van der Waals surface area contributed by atoms with Crippen LogP contribution < -0.4 is 5.32 Å². The molecule has 0 fully saturated rings. The van der Waals surface area contributed by atoms with Crippen molar-refractivity contribution in [1.29, 1.82) is 0 Å². The van der Waals surface area contributed by atoms with E-state index in [0.29, 0.717) is 10.6 Å². The van der Waals surface area contributed by atoms with Crippen LogP contribution in [0.5, 0.6) is 0 Å². The molecule has 3 aromatic rings. The first-order valence-electron chi connectivity index (χ1n) is 7.84. The monoisotopic (exact) mass is 389 g/mol. The molecule has 0 aliphatic heterocycles. The Labute approximate surface area is 156 Å². The fourth-order valence-electron chi connectivity index (χ4n) is 2.50. The van der Waals surface area contributed by atoms with E-state index in [1.807, 2.05) is 0 Å². The van der Waals surface area contributed by atoms with Crippen LogP contribution in [0.1, 0.15) is 21.4 Å². The average Bonchev–Trinajstić information content (AvgIpc) is 3.17. The van der Waals surface area contributed by atoms with Crippen LogP contribution >= 0.6 is 11.6 Å². The Morgan fingerprint density at radius 2 is 1.69 bits per heavy atom. The molecule has 1 aromatic heterocycles. The second-order valence-corrected chi connectivity index (χ2v) is 8.15. The largest absolute Gasteiger partial charge is 0.468 e. The van der Waals surface area contributed by atoms with Gasteiger partial charge in [-0.15, -0.1) is 0 Å². The van der Waals surface area contributed by atoms with Gasteiger partial charge in [0, 0.05) is 17.1 Å². The van der Waals surface area contributed by atoms with E-state index in [-0.39, 0.29) is 23.1 Å². The van der Waals surface area contributed by atoms with Gasteiger partial charge in [0.1, 0.15) is 11.0 Å². The summed E-state index contributed by atoms with van der Waals surface area (Å²) in [5.74, 6) is -0.119. The summed E-state index contributed by atoms with van der Waals surface area (Å²) in [5, 5.41) is 2.15. The van der Waals surface area contributed by atoms with Crippen molar-refractivity contribution in [2.24, 2.45) is 0 Å². The predicted octanol–water partition coefficient (Wildman–Crippen LogP) is 3.88. The smallest absolute Gasteiger partial charge is 0.251 e. The molecule has 26 heavy (non-hydrogen) atoms. The highest BCUT2D eigenvalue weighted by Gasteiger charge is 2.31. The van der Waals surface area contributed by atoms with Crippen molar-refractivity contribution in [1.82, 2.24) is 5.32 Å². The number of nitrogens with one attached hydrogen (secondary N) is 1. The zero-order valence-electron chi connectivity index (χ0n) is 13.6. The fraction of sp³-hybridized carbons (Fsp3) is 0.105. The van der Waals surface area contributed by atoms with Gasteiger partial charge in [-0.05, 0) is 48.5 Å². The van der Waals surface area contributed by atoms with E-state index in [9.17, 15) is 13.2 Å². The summed E-state index contributed by atoms with van der Waals surface area (Å²) in [7, 11) is -3.74. The first kappa shape index (κ1) is 18.2. The van der Waals surface area contributed by atoms with Crippen LogP contribution in [0, 0.1) is 0 Å². The van der Waals surface area contributed by atoms with Crippen LogP contribution in [0.25, 0.3) is 0 Å². The predicted molar refractivity (Wildman–Crippen MR) is 98.9 cm³/mol. The number of carbonyl (C=O) groups is 1. The van der Waals surface area contributed by atoms with E-state index >= 15 is 0 Å². The second-order valence-electron chi connectivity index (χ2n) is 5.58. The molecule has 0 bridgehead atoms. The fourth-order valence-corrected chi connectivity index (χ4v) is 4.23. The molecule has 3 rings (SSSR count). The highest BCUT2D eigenvalue weighted by molar-refractivity contribution is 7.91. The van der Waals surface area contributed by atoms with Gasteiger partial charge in [-0.25, -0.2) is 8.42 Å². The number of amides is 1.